The van der Waals surface area contributed by atoms with Crippen LogP contribution in [0.25, 0.3) is 115 Å². The van der Waals surface area contributed by atoms with Gasteiger partial charge in [-0.3, -0.25) is 0 Å². The lowest BCUT2D eigenvalue weighted by molar-refractivity contribution is 0.986. The second-order valence-electron chi connectivity index (χ2n) is 22.0. The first-order valence-corrected chi connectivity index (χ1v) is 28.6. The van der Waals surface area contributed by atoms with E-state index in [-0.39, 0.29) is 0 Å². The molecule has 82 heavy (non-hydrogen) atoms. The highest BCUT2D eigenvalue weighted by atomic mass is 15.1. The molecule has 0 radical (unpaired) electrons. The Morgan fingerprint density at radius 2 is 0.646 bits per heavy atom. The maximum absolute atomic E-state index is 2.47. The van der Waals surface area contributed by atoms with Crippen LogP contribution in [0.1, 0.15) is 17.5 Å². The summed E-state index contributed by atoms with van der Waals surface area (Å²) in [5.74, 6) is 0. The van der Waals surface area contributed by atoms with Gasteiger partial charge in [-0.05, 0) is 206 Å². The van der Waals surface area contributed by atoms with E-state index >= 15 is 0 Å². The van der Waals surface area contributed by atoms with Crippen molar-refractivity contribution >= 4 is 116 Å². The number of benzene rings is 15. The molecular weight excluding hydrogens is 989 g/mol. The molecule has 384 valence electrons. The van der Waals surface area contributed by atoms with E-state index in [0.29, 0.717) is 0 Å². The number of fused-ring (bicyclic) bond motifs is 8. The predicted molar refractivity (Wildman–Crippen MR) is 352 cm³/mol. The maximum atomic E-state index is 2.47. The average Bonchev–Trinajstić information content (AvgIpc) is 2.41. The standard InChI is InChI=1S/C80H54N2/c1-6-20-61-46-66(33-30-53(61)14-1)58-28-31-60(32-29-58)79-75-44-42-72(82(69-40-36-56-17-4-9-23-64(56)49-69)70-41-37-57-18-5-10-24-65(57)50-70)52-78(75)80(74-27-13-25-59-19-11-12-26-73(59)74)76-45-43-71(51-77(76)79)81(67-38-34-54-15-2-7-21-62(54)47-67)68-39-35-55-16-3-8-22-63(55)48-68/h1-5,7-19,21-52H,6,20H2. The highest BCUT2D eigenvalue weighted by molar-refractivity contribution is 6.25. The molecule has 0 saturated heterocycles. The highest BCUT2D eigenvalue weighted by Crippen LogP contribution is 2.50. The zero-order valence-electron chi connectivity index (χ0n) is 45.2. The van der Waals surface area contributed by atoms with Crippen LogP contribution in [-0.2, 0) is 6.42 Å². The van der Waals surface area contributed by atoms with Gasteiger partial charge in [-0.15, -0.1) is 0 Å². The molecule has 0 bridgehead atoms. The molecule has 0 atom stereocenters. The topological polar surface area (TPSA) is 6.48 Å². The molecule has 15 aromatic rings. The second-order valence-corrected chi connectivity index (χ2v) is 22.0. The van der Waals surface area contributed by atoms with Gasteiger partial charge in [0.2, 0.25) is 0 Å². The number of nitrogens with zero attached hydrogens (tertiary/aromatic N) is 2. The van der Waals surface area contributed by atoms with Crippen LogP contribution in [0.4, 0.5) is 34.1 Å². The molecule has 2 heteroatoms. The number of allylic oxidation sites excluding steroid dienone is 1. The number of anilines is 6. The van der Waals surface area contributed by atoms with Gasteiger partial charge in [0, 0.05) is 34.1 Å². The summed E-state index contributed by atoms with van der Waals surface area (Å²) in [6.45, 7) is 0. The van der Waals surface area contributed by atoms with E-state index in [1.807, 2.05) is 0 Å². The summed E-state index contributed by atoms with van der Waals surface area (Å²) in [6, 6.07) is 109. The van der Waals surface area contributed by atoms with Crippen molar-refractivity contribution in [3.8, 4) is 33.4 Å². The van der Waals surface area contributed by atoms with E-state index in [0.717, 1.165) is 52.5 Å². The Kier molecular flexibility index (Phi) is 11.4. The fraction of sp³-hybridized carbons (Fsp3) is 0.0250. The van der Waals surface area contributed by atoms with Gasteiger partial charge in [0.1, 0.15) is 0 Å². The third-order valence-electron chi connectivity index (χ3n) is 17.2. The van der Waals surface area contributed by atoms with Crippen molar-refractivity contribution < 1.29 is 0 Å². The van der Waals surface area contributed by atoms with E-state index in [1.165, 1.54) is 114 Å². The van der Waals surface area contributed by atoms with Crippen LogP contribution in [0, 0.1) is 0 Å². The molecule has 0 saturated carbocycles. The van der Waals surface area contributed by atoms with Gasteiger partial charge in [0.15, 0.2) is 0 Å². The zero-order valence-corrected chi connectivity index (χ0v) is 45.2. The van der Waals surface area contributed by atoms with Crippen molar-refractivity contribution in [2.24, 2.45) is 0 Å². The van der Waals surface area contributed by atoms with Crippen LogP contribution < -0.4 is 9.80 Å². The Balaban J connectivity index is 0.992. The molecule has 0 amide bonds. The van der Waals surface area contributed by atoms with E-state index in [4.69, 9.17) is 0 Å². The van der Waals surface area contributed by atoms with Gasteiger partial charge in [0.05, 0.1) is 0 Å². The van der Waals surface area contributed by atoms with Gasteiger partial charge in [0.25, 0.3) is 0 Å². The first kappa shape index (κ1) is 47.5. The third-order valence-corrected chi connectivity index (χ3v) is 17.2. The Morgan fingerprint density at radius 1 is 0.244 bits per heavy atom. The summed E-state index contributed by atoms with van der Waals surface area (Å²) in [7, 11) is 0. The van der Waals surface area contributed by atoms with Crippen molar-refractivity contribution in [3.05, 3.63) is 308 Å². The minimum atomic E-state index is 1.07. The number of rotatable bonds is 9. The Labute approximate surface area is 477 Å². The van der Waals surface area contributed by atoms with E-state index in [2.05, 4.69) is 313 Å². The minimum absolute atomic E-state index is 1.07. The first-order valence-electron chi connectivity index (χ1n) is 28.6. The highest BCUT2D eigenvalue weighted by Gasteiger charge is 2.24. The predicted octanol–water partition coefficient (Wildman–Crippen LogP) is 22.7. The summed E-state index contributed by atoms with van der Waals surface area (Å²) in [5.41, 5.74) is 16.5. The van der Waals surface area contributed by atoms with Crippen LogP contribution in [-0.4, -0.2) is 0 Å². The van der Waals surface area contributed by atoms with E-state index < -0.39 is 0 Å². The quantitative estimate of drug-likeness (QED) is 0.133. The fourth-order valence-electron chi connectivity index (χ4n) is 13.1. The lowest BCUT2D eigenvalue weighted by Gasteiger charge is -2.29. The molecule has 0 fully saturated rings. The summed E-state index contributed by atoms with van der Waals surface area (Å²) in [6.07, 6.45) is 6.71. The Morgan fingerprint density at radius 3 is 1.17 bits per heavy atom. The van der Waals surface area contributed by atoms with Gasteiger partial charge >= 0.3 is 0 Å². The zero-order chi connectivity index (χ0) is 54.1. The molecule has 0 N–H and O–H groups in total. The van der Waals surface area contributed by atoms with E-state index in [9.17, 15) is 0 Å². The van der Waals surface area contributed by atoms with Gasteiger partial charge < -0.3 is 9.80 Å². The molecule has 0 unspecified atom stereocenters. The fourth-order valence-corrected chi connectivity index (χ4v) is 13.1. The molecule has 1 aliphatic rings. The summed E-state index contributed by atoms with van der Waals surface area (Å²) < 4.78 is 0. The van der Waals surface area contributed by atoms with Gasteiger partial charge in [-0.25, -0.2) is 0 Å². The summed E-state index contributed by atoms with van der Waals surface area (Å²) >= 11 is 0. The molecule has 2 nitrogen and oxygen atoms in total. The van der Waals surface area contributed by atoms with Crippen molar-refractivity contribution in [3.63, 3.8) is 0 Å². The molecule has 0 spiro atoms. The first-order chi connectivity index (χ1) is 40.6. The van der Waals surface area contributed by atoms with Gasteiger partial charge in [-0.2, -0.15) is 0 Å². The number of aryl methyl sites for hydroxylation is 1. The molecule has 0 aliphatic heterocycles. The van der Waals surface area contributed by atoms with Crippen LogP contribution in [0.2, 0.25) is 0 Å². The minimum Gasteiger partial charge on any atom is -0.310 e. The molecule has 15 aromatic carbocycles. The van der Waals surface area contributed by atoms with Crippen LogP contribution in [0.5, 0.6) is 0 Å². The van der Waals surface area contributed by atoms with Crippen LogP contribution in [0.3, 0.4) is 0 Å². The molecule has 0 heterocycles. The Hall–Kier alpha value is -10.5. The van der Waals surface area contributed by atoms with Crippen molar-refractivity contribution in [2.45, 2.75) is 12.8 Å². The average molecular weight is 1040 g/mol. The summed E-state index contributed by atoms with van der Waals surface area (Å²) in [5, 5.41) is 16.8. The normalized spacial score (nSPS) is 12.2. The number of hydrogen-bond donors (Lipinski definition) is 0. The summed E-state index contributed by atoms with van der Waals surface area (Å²) in [4.78, 5) is 4.90. The van der Waals surface area contributed by atoms with Gasteiger partial charge in [-0.1, -0.05) is 231 Å². The molecular formula is C80H54N2. The number of hydrogen-bond acceptors (Lipinski definition) is 2. The smallest absolute Gasteiger partial charge is 0.0468 e. The largest absolute Gasteiger partial charge is 0.310 e. The van der Waals surface area contributed by atoms with Crippen LogP contribution >= 0.6 is 0 Å². The molecule has 16 rings (SSSR count). The van der Waals surface area contributed by atoms with Crippen molar-refractivity contribution in [1.29, 1.82) is 0 Å². The molecule has 1 aliphatic carbocycles. The molecule has 0 aromatic heterocycles. The maximum Gasteiger partial charge on any atom is 0.0468 e. The van der Waals surface area contributed by atoms with Crippen molar-refractivity contribution in [2.75, 3.05) is 9.80 Å². The third kappa shape index (κ3) is 8.27. The SMILES string of the molecule is C1=Cc2ccc(-c3ccc(-c4c5cc(N(c6ccc7ccccc7c6)c6ccc7ccccc7c6)ccc5c(-c5cccc6ccccc56)c5cc(N(c6ccc7ccccc7c6)c6ccc7ccccc7c6)ccc45)cc3)cc2CC1. The van der Waals surface area contributed by atoms with Crippen molar-refractivity contribution in [1.82, 2.24) is 0 Å². The Bertz CT molecular complexity index is 4900. The lowest BCUT2D eigenvalue weighted by atomic mass is 9.84. The van der Waals surface area contributed by atoms with Crippen LogP contribution in [0.15, 0.2) is 297 Å². The second kappa shape index (κ2) is 19.7. The lowest BCUT2D eigenvalue weighted by Crippen LogP contribution is -2.10. The monoisotopic (exact) mass is 1040 g/mol. The van der Waals surface area contributed by atoms with E-state index in [1.54, 1.807) is 0 Å².